The summed E-state index contributed by atoms with van der Waals surface area (Å²) >= 11 is 0.904. The van der Waals surface area contributed by atoms with E-state index in [2.05, 4.69) is 0 Å². The molecule has 0 radical (unpaired) electrons. The summed E-state index contributed by atoms with van der Waals surface area (Å²) in [5, 5.41) is 18.4. The second-order valence-electron chi connectivity index (χ2n) is 2.72. The lowest BCUT2D eigenvalue weighted by molar-refractivity contribution is -0.109. The number of phenolic OH excluding ortho intramolecular Hbond substituents is 2. The van der Waals surface area contributed by atoms with Gasteiger partial charge in [0.1, 0.15) is 0 Å². The van der Waals surface area contributed by atoms with Crippen molar-refractivity contribution in [3.63, 3.8) is 0 Å². The Balaban J connectivity index is 3.12. The van der Waals surface area contributed by atoms with Gasteiger partial charge in [-0.05, 0) is 36.4 Å². The van der Waals surface area contributed by atoms with Gasteiger partial charge >= 0.3 is 0 Å². The Hall–Kier alpha value is -1.16. The topological polar surface area (TPSA) is 57.5 Å². The maximum atomic E-state index is 10.8. The number of aryl methyl sites for hydroxylation is 1. The largest absolute Gasteiger partial charge is 0.504 e. The van der Waals surface area contributed by atoms with Crippen molar-refractivity contribution in [3.8, 4) is 11.5 Å². The summed E-state index contributed by atoms with van der Waals surface area (Å²) in [6.45, 7) is 3.19. The molecule has 0 unspecified atom stereocenters. The standard InChI is InChI=1S/C9H10O3S/c1-5-3-7(11)9(12)8(4-5)13-6(2)10/h3-4,11-12H,1-2H3. The van der Waals surface area contributed by atoms with E-state index in [1.165, 1.54) is 13.0 Å². The monoisotopic (exact) mass is 198 g/mol. The number of benzene rings is 1. The Morgan fingerprint density at radius 3 is 2.54 bits per heavy atom. The van der Waals surface area contributed by atoms with Gasteiger partial charge in [-0.15, -0.1) is 0 Å². The summed E-state index contributed by atoms with van der Waals surface area (Å²) in [7, 11) is 0. The third kappa shape index (κ3) is 2.39. The number of phenols is 2. The summed E-state index contributed by atoms with van der Waals surface area (Å²) in [4.78, 5) is 11.2. The van der Waals surface area contributed by atoms with E-state index in [1.807, 2.05) is 0 Å². The molecule has 0 spiro atoms. The molecule has 0 aliphatic carbocycles. The first-order valence-corrected chi connectivity index (χ1v) is 4.53. The maximum Gasteiger partial charge on any atom is 0.190 e. The number of aromatic hydroxyl groups is 2. The van der Waals surface area contributed by atoms with Crippen LogP contribution >= 0.6 is 11.8 Å². The van der Waals surface area contributed by atoms with Crippen LogP contribution < -0.4 is 0 Å². The fourth-order valence-corrected chi connectivity index (χ4v) is 1.72. The first-order chi connectivity index (χ1) is 6.00. The predicted octanol–water partition coefficient (Wildman–Crippen LogP) is 2.04. The van der Waals surface area contributed by atoms with E-state index in [0.717, 1.165) is 17.3 Å². The zero-order chi connectivity index (χ0) is 10.0. The Morgan fingerprint density at radius 1 is 1.38 bits per heavy atom. The van der Waals surface area contributed by atoms with E-state index < -0.39 is 0 Å². The predicted molar refractivity (Wildman–Crippen MR) is 51.0 cm³/mol. The molecule has 1 aromatic rings. The summed E-state index contributed by atoms with van der Waals surface area (Å²) in [6, 6.07) is 3.10. The average Bonchev–Trinajstić information content (AvgIpc) is 1.98. The maximum absolute atomic E-state index is 10.8. The Bertz CT molecular complexity index is 347. The number of hydrogen-bond donors (Lipinski definition) is 2. The molecule has 1 rings (SSSR count). The van der Waals surface area contributed by atoms with Gasteiger partial charge in [-0.3, -0.25) is 4.79 Å². The van der Waals surface area contributed by atoms with Crippen LogP contribution in [0, 0.1) is 6.92 Å². The number of hydrogen-bond acceptors (Lipinski definition) is 4. The molecule has 3 nitrogen and oxygen atoms in total. The van der Waals surface area contributed by atoms with Gasteiger partial charge in [0.25, 0.3) is 0 Å². The van der Waals surface area contributed by atoms with Crippen LogP contribution in [0.2, 0.25) is 0 Å². The minimum absolute atomic E-state index is 0.125. The van der Waals surface area contributed by atoms with Crippen LogP contribution in [0.3, 0.4) is 0 Å². The first kappa shape index (κ1) is 9.92. The SMILES string of the molecule is CC(=O)Sc1cc(C)cc(O)c1O. The van der Waals surface area contributed by atoms with Crippen LogP contribution in [-0.4, -0.2) is 15.3 Å². The molecule has 0 amide bonds. The van der Waals surface area contributed by atoms with E-state index in [9.17, 15) is 15.0 Å². The van der Waals surface area contributed by atoms with E-state index in [-0.39, 0.29) is 16.6 Å². The number of thioether (sulfide) groups is 1. The average molecular weight is 198 g/mol. The van der Waals surface area contributed by atoms with Crippen LogP contribution in [0.4, 0.5) is 0 Å². The molecule has 13 heavy (non-hydrogen) atoms. The highest BCUT2D eigenvalue weighted by Crippen LogP contribution is 2.37. The molecule has 0 heterocycles. The minimum atomic E-state index is -0.231. The van der Waals surface area contributed by atoms with Gasteiger partial charge < -0.3 is 10.2 Å². The van der Waals surface area contributed by atoms with Crippen molar-refractivity contribution in [2.45, 2.75) is 18.7 Å². The van der Waals surface area contributed by atoms with E-state index in [4.69, 9.17) is 0 Å². The Labute approximate surface area is 80.4 Å². The molecule has 0 fully saturated rings. The molecular weight excluding hydrogens is 188 g/mol. The summed E-state index contributed by atoms with van der Waals surface area (Å²) in [5.74, 6) is -0.422. The normalized spacial score (nSPS) is 10.0. The van der Waals surface area contributed by atoms with Crippen molar-refractivity contribution in [2.75, 3.05) is 0 Å². The van der Waals surface area contributed by atoms with Crippen molar-refractivity contribution in [3.05, 3.63) is 17.7 Å². The van der Waals surface area contributed by atoms with E-state index >= 15 is 0 Å². The van der Waals surface area contributed by atoms with Gasteiger partial charge in [0.2, 0.25) is 0 Å². The number of carbonyl (C=O) groups is 1. The summed E-state index contributed by atoms with van der Waals surface area (Å²) < 4.78 is 0. The number of rotatable bonds is 1. The molecule has 4 heteroatoms. The van der Waals surface area contributed by atoms with Gasteiger partial charge in [-0.2, -0.15) is 0 Å². The minimum Gasteiger partial charge on any atom is -0.504 e. The number of carbonyl (C=O) groups excluding carboxylic acids is 1. The van der Waals surface area contributed by atoms with Crippen molar-refractivity contribution in [2.24, 2.45) is 0 Å². The van der Waals surface area contributed by atoms with Gasteiger partial charge in [-0.1, -0.05) is 0 Å². The zero-order valence-corrected chi connectivity index (χ0v) is 8.18. The summed E-state index contributed by atoms with van der Waals surface area (Å²) in [6.07, 6.45) is 0. The van der Waals surface area contributed by atoms with Crippen molar-refractivity contribution in [1.29, 1.82) is 0 Å². The zero-order valence-electron chi connectivity index (χ0n) is 7.37. The highest BCUT2D eigenvalue weighted by Gasteiger charge is 2.09. The summed E-state index contributed by atoms with van der Waals surface area (Å²) in [5.41, 5.74) is 0.805. The molecule has 0 saturated heterocycles. The van der Waals surface area contributed by atoms with Gasteiger partial charge in [0, 0.05) is 6.92 Å². The molecular formula is C9H10O3S. The highest BCUT2D eigenvalue weighted by molar-refractivity contribution is 8.13. The highest BCUT2D eigenvalue weighted by atomic mass is 32.2. The molecule has 0 aliphatic rings. The quantitative estimate of drug-likeness (QED) is 0.535. The molecule has 70 valence electrons. The Kier molecular flexibility index (Phi) is 2.83. The van der Waals surface area contributed by atoms with Crippen LogP contribution in [0.5, 0.6) is 11.5 Å². The molecule has 0 aliphatic heterocycles. The third-order valence-corrected chi connectivity index (χ3v) is 2.27. The fraction of sp³-hybridized carbons (Fsp3) is 0.222. The molecule has 1 aromatic carbocycles. The lowest BCUT2D eigenvalue weighted by atomic mass is 10.2. The lowest BCUT2D eigenvalue weighted by Gasteiger charge is -2.04. The Morgan fingerprint density at radius 2 is 2.00 bits per heavy atom. The van der Waals surface area contributed by atoms with Gasteiger partial charge in [0.15, 0.2) is 16.6 Å². The van der Waals surface area contributed by atoms with Crippen LogP contribution in [0.15, 0.2) is 17.0 Å². The molecule has 2 N–H and O–H groups in total. The van der Waals surface area contributed by atoms with Crippen LogP contribution in [-0.2, 0) is 4.79 Å². The van der Waals surface area contributed by atoms with Crippen molar-refractivity contribution >= 4 is 16.9 Å². The molecule has 0 aromatic heterocycles. The van der Waals surface area contributed by atoms with Gasteiger partial charge in [-0.25, -0.2) is 0 Å². The third-order valence-electron chi connectivity index (χ3n) is 1.45. The van der Waals surface area contributed by atoms with E-state index in [1.54, 1.807) is 13.0 Å². The fourth-order valence-electron chi connectivity index (χ4n) is 0.960. The molecule has 0 saturated carbocycles. The lowest BCUT2D eigenvalue weighted by Crippen LogP contribution is -1.84. The van der Waals surface area contributed by atoms with Crippen molar-refractivity contribution in [1.82, 2.24) is 0 Å². The van der Waals surface area contributed by atoms with Crippen LogP contribution in [0.1, 0.15) is 12.5 Å². The second-order valence-corrected chi connectivity index (χ2v) is 3.94. The van der Waals surface area contributed by atoms with Gasteiger partial charge in [0.05, 0.1) is 4.90 Å². The smallest absolute Gasteiger partial charge is 0.190 e. The van der Waals surface area contributed by atoms with E-state index in [0.29, 0.717) is 4.90 Å². The first-order valence-electron chi connectivity index (χ1n) is 3.71. The second kappa shape index (κ2) is 3.70. The molecule has 0 atom stereocenters. The molecule has 0 bridgehead atoms. The van der Waals surface area contributed by atoms with Crippen molar-refractivity contribution < 1.29 is 15.0 Å². The van der Waals surface area contributed by atoms with Crippen LogP contribution in [0.25, 0.3) is 0 Å².